The molecule has 2 rings (SSSR count). The minimum absolute atomic E-state index is 0.271. The van der Waals surface area contributed by atoms with Crippen molar-refractivity contribution < 1.29 is 28.5 Å². The predicted octanol–water partition coefficient (Wildman–Crippen LogP) is 1.56. The fraction of sp³-hybridized carbons (Fsp3) is 0.263. The lowest BCUT2D eigenvalue weighted by atomic mass is 10.2. The molecule has 8 heteroatoms. The Morgan fingerprint density at radius 2 is 1.56 bits per heavy atom. The van der Waals surface area contributed by atoms with Crippen LogP contribution in [0.5, 0.6) is 17.2 Å². The normalized spacial score (nSPS) is 10.0. The lowest BCUT2D eigenvalue weighted by Gasteiger charge is -2.11. The van der Waals surface area contributed by atoms with E-state index in [1.165, 1.54) is 7.11 Å². The number of ether oxygens (including phenoxy) is 4. The second kappa shape index (κ2) is 10.7. The molecule has 0 unspecified atom stereocenters. The zero-order valence-corrected chi connectivity index (χ0v) is 15.2. The van der Waals surface area contributed by atoms with E-state index in [9.17, 15) is 9.59 Å². The van der Waals surface area contributed by atoms with Crippen LogP contribution < -0.4 is 25.1 Å². The Morgan fingerprint density at radius 1 is 0.852 bits per heavy atom. The third kappa shape index (κ3) is 6.52. The fourth-order valence-electron chi connectivity index (χ4n) is 2.06. The lowest BCUT2D eigenvalue weighted by molar-refractivity contribution is -0.123. The molecule has 2 amide bonds. The zero-order valence-electron chi connectivity index (χ0n) is 15.2. The van der Waals surface area contributed by atoms with Crippen molar-refractivity contribution in [3.05, 3.63) is 54.1 Å². The largest absolute Gasteiger partial charge is 0.493 e. The molecule has 0 spiro atoms. The summed E-state index contributed by atoms with van der Waals surface area (Å²) in [6, 6.07) is 13.5. The number of nitrogens with one attached hydrogen (secondary N) is 2. The maximum atomic E-state index is 12.0. The van der Waals surface area contributed by atoms with Crippen LogP contribution in [0.15, 0.2) is 48.5 Å². The van der Waals surface area contributed by atoms with Crippen molar-refractivity contribution in [2.24, 2.45) is 0 Å². The molecule has 0 aliphatic heterocycles. The Hall–Kier alpha value is -3.26. The van der Waals surface area contributed by atoms with Gasteiger partial charge in [0.1, 0.15) is 12.4 Å². The molecule has 0 saturated heterocycles. The molecule has 0 aliphatic rings. The molecule has 0 heterocycles. The standard InChI is InChI=1S/C19H22N2O6/c1-24-11-12-26-15-9-7-14(8-10-15)19(23)21-20-18(22)13-27-17-6-4-3-5-16(17)25-2/h3-10H,11-13H2,1-2H3,(H,20,22)(H,21,23). The van der Waals surface area contributed by atoms with E-state index in [1.54, 1.807) is 55.6 Å². The van der Waals surface area contributed by atoms with E-state index in [0.717, 1.165) is 0 Å². The highest BCUT2D eigenvalue weighted by atomic mass is 16.5. The van der Waals surface area contributed by atoms with Crippen LogP contribution in [0, 0.1) is 0 Å². The number of carbonyl (C=O) groups excluding carboxylic acids is 2. The van der Waals surface area contributed by atoms with Gasteiger partial charge in [0.05, 0.1) is 13.7 Å². The van der Waals surface area contributed by atoms with E-state index >= 15 is 0 Å². The average Bonchev–Trinajstić information content (AvgIpc) is 2.71. The molecule has 2 aromatic rings. The summed E-state index contributed by atoms with van der Waals surface area (Å²) in [7, 11) is 3.10. The van der Waals surface area contributed by atoms with Crippen LogP contribution in [0.25, 0.3) is 0 Å². The Balaban J connectivity index is 1.76. The molecule has 8 nitrogen and oxygen atoms in total. The van der Waals surface area contributed by atoms with Crippen LogP contribution in [-0.2, 0) is 9.53 Å². The van der Waals surface area contributed by atoms with Gasteiger partial charge in [0, 0.05) is 12.7 Å². The summed E-state index contributed by atoms with van der Waals surface area (Å²) >= 11 is 0. The van der Waals surface area contributed by atoms with Gasteiger partial charge in [-0.3, -0.25) is 20.4 Å². The van der Waals surface area contributed by atoms with Crippen molar-refractivity contribution in [2.75, 3.05) is 34.0 Å². The quantitative estimate of drug-likeness (QED) is 0.511. The second-order valence-corrected chi connectivity index (χ2v) is 5.31. The minimum Gasteiger partial charge on any atom is -0.493 e. The monoisotopic (exact) mass is 374 g/mol. The first-order valence-corrected chi connectivity index (χ1v) is 8.21. The highest BCUT2D eigenvalue weighted by Crippen LogP contribution is 2.25. The summed E-state index contributed by atoms with van der Waals surface area (Å²) in [5.41, 5.74) is 4.99. The molecule has 0 aliphatic carbocycles. The molecule has 27 heavy (non-hydrogen) atoms. The van der Waals surface area contributed by atoms with Crippen molar-refractivity contribution in [3.8, 4) is 17.2 Å². The summed E-state index contributed by atoms with van der Waals surface area (Å²) in [6.45, 7) is 0.627. The Kier molecular flexibility index (Phi) is 7.92. The summed E-state index contributed by atoms with van der Waals surface area (Å²) in [6.07, 6.45) is 0. The van der Waals surface area contributed by atoms with Crippen LogP contribution in [-0.4, -0.2) is 45.9 Å². The first-order valence-electron chi connectivity index (χ1n) is 8.21. The predicted molar refractivity (Wildman–Crippen MR) is 97.9 cm³/mol. The highest BCUT2D eigenvalue weighted by molar-refractivity contribution is 5.95. The number of carbonyl (C=O) groups is 2. The number of hydrogen-bond donors (Lipinski definition) is 2. The highest BCUT2D eigenvalue weighted by Gasteiger charge is 2.10. The fourth-order valence-corrected chi connectivity index (χ4v) is 2.06. The van der Waals surface area contributed by atoms with Gasteiger partial charge in [-0.2, -0.15) is 0 Å². The average molecular weight is 374 g/mol. The van der Waals surface area contributed by atoms with Crippen molar-refractivity contribution in [2.45, 2.75) is 0 Å². The van der Waals surface area contributed by atoms with Gasteiger partial charge in [-0.15, -0.1) is 0 Å². The van der Waals surface area contributed by atoms with Crippen LogP contribution in [0.3, 0.4) is 0 Å². The third-order valence-electron chi connectivity index (χ3n) is 3.42. The molecule has 0 fully saturated rings. The molecule has 2 aromatic carbocycles. The Morgan fingerprint density at radius 3 is 2.22 bits per heavy atom. The van der Waals surface area contributed by atoms with Crippen LogP contribution >= 0.6 is 0 Å². The number of hydrazine groups is 1. The number of para-hydroxylation sites is 2. The SMILES string of the molecule is COCCOc1ccc(C(=O)NNC(=O)COc2ccccc2OC)cc1. The van der Waals surface area contributed by atoms with E-state index < -0.39 is 11.8 Å². The smallest absolute Gasteiger partial charge is 0.276 e. The summed E-state index contributed by atoms with van der Waals surface area (Å²) in [5, 5.41) is 0. The van der Waals surface area contributed by atoms with Crippen molar-refractivity contribution in [1.29, 1.82) is 0 Å². The van der Waals surface area contributed by atoms with Gasteiger partial charge in [0.25, 0.3) is 11.8 Å². The van der Waals surface area contributed by atoms with Crippen molar-refractivity contribution in [1.82, 2.24) is 10.9 Å². The zero-order chi connectivity index (χ0) is 19.5. The molecular weight excluding hydrogens is 352 g/mol. The molecule has 2 N–H and O–H groups in total. The van der Waals surface area contributed by atoms with Crippen LogP contribution in [0.4, 0.5) is 0 Å². The number of benzene rings is 2. The lowest BCUT2D eigenvalue weighted by Crippen LogP contribution is -2.43. The minimum atomic E-state index is -0.506. The van der Waals surface area contributed by atoms with Gasteiger partial charge in [0.2, 0.25) is 0 Å². The molecular formula is C19H22N2O6. The summed E-state index contributed by atoms with van der Waals surface area (Å²) in [5.74, 6) is 0.614. The second-order valence-electron chi connectivity index (χ2n) is 5.31. The van der Waals surface area contributed by atoms with Gasteiger partial charge in [-0.05, 0) is 36.4 Å². The van der Waals surface area contributed by atoms with Gasteiger partial charge in [0.15, 0.2) is 18.1 Å². The van der Waals surface area contributed by atoms with Gasteiger partial charge >= 0.3 is 0 Å². The maximum Gasteiger partial charge on any atom is 0.276 e. The van der Waals surface area contributed by atoms with Gasteiger partial charge in [-0.25, -0.2) is 0 Å². The molecule has 0 aromatic heterocycles. The Bertz CT molecular complexity index is 748. The van der Waals surface area contributed by atoms with E-state index in [0.29, 0.717) is 36.0 Å². The van der Waals surface area contributed by atoms with E-state index in [1.807, 2.05) is 0 Å². The van der Waals surface area contributed by atoms with Crippen LogP contribution in [0.2, 0.25) is 0 Å². The van der Waals surface area contributed by atoms with E-state index in [-0.39, 0.29) is 6.61 Å². The summed E-state index contributed by atoms with van der Waals surface area (Å²) in [4.78, 5) is 23.9. The molecule has 144 valence electrons. The Labute approximate surface area is 157 Å². The van der Waals surface area contributed by atoms with Crippen LogP contribution in [0.1, 0.15) is 10.4 Å². The van der Waals surface area contributed by atoms with Crippen molar-refractivity contribution >= 4 is 11.8 Å². The first kappa shape index (κ1) is 20.1. The van der Waals surface area contributed by atoms with Crippen molar-refractivity contribution in [3.63, 3.8) is 0 Å². The molecule has 0 bridgehead atoms. The molecule has 0 saturated carbocycles. The molecule has 0 radical (unpaired) electrons. The number of methoxy groups -OCH3 is 2. The van der Waals surface area contributed by atoms with E-state index in [2.05, 4.69) is 10.9 Å². The topological polar surface area (TPSA) is 95.1 Å². The maximum absolute atomic E-state index is 12.0. The molecule has 0 atom stereocenters. The number of rotatable bonds is 9. The van der Waals surface area contributed by atoms with Gasteiger partial charge in [-0.1, -0.05) is 12.1 Å². The first-order chi connectivity index (χ1) is 13.1. The number of amides is 2. The number of hydrogen-bond acceptors (Lipinski definition) is 6. The van der Waals surface area contributed by atoms with Gasteiger partial charge < -0.3 is 18.9 Å². The third-order valence-corrected chi connectivity index (χ3v) is 3.42. The van der Waals surface area contributed by atoms with E-state index in [4.69, 9.17) is 18.9 Å². The summed E-state index contributed by atoms with van der Waals surface area (Å²) < 4.78 is 20.8.